The lowest BCUT2D eigenvalue weighted by Gasteiger charge is -2.10. The van der Waals surface area contributed by atoms with Crippen LogP contribution in [-0.2, 0) is 0 Å². The van der Waals surface area contributed by atoms with Crippen molar-refractivity contribution >= 4 is 44.9 Å². The molecule has 0 saturated carbocycles. The van der Waals surface area contributed by atoms with Crippen molar-refractivity contribution in [2.75, 3.05) is 22.3 Å². The molecule has 0 aliphatic heterocycles. The summed E-state index contributed by atoms with van der Waals surface area (Å²) >= 11 is 0. The second kappa shape index (κ2) is 5.85. The summed E-state index contributed by atoms with van der Waals surface area (Å²) in [7, 11) is 0. The molecule has 130 valence electrons. The molecular formula is C18H14N4O4. The van der Waals surface area contributed by atoms with Crippen LogP contribution < -0.4 is 33.2 Å². The Balaban J connectivity index is 1.63. The molecule has 4 aromatic rings. The van der Waals surface area contributed by atoms with Crippen molar-refractivity contribution < 1.29 is 8.83 Å². The summed E-state index contributed by atoms with van der Waals surface area (Å²) in [5.41, 5.74) is 18.4. The topological polar surface area (TPSA) is 137 Å². The van der Waals surface area contributed by atoms with E-state index in [-0.39, 0.29) is 22.4 Å². The Bertz CT molecular complexity index is 1260. The molecule has 0 saturated heterocycles. The number of fused-ring (bicyclic) bond motifs is 2. The van der Waals surface area contributed by atoms with Crippen LogP contribution >= 0.6 is 0 Å². The SMILES string of the molecule is Nc1ccc2oc(NNc3ccc4c(=O)c(N)coc4c3)cc(=O)c2c1. The first-order valence-electron chi connectivity index (χ1n) is 7.68. The van der Waals surface area contributed by atoms with Crippen LogP contribution in [0.25, 0.3) is 21.9 Å². The Labute approximate surface area is 146 Å². The Hall–Kier alpha value is -3.94. The quantitative estimate of drug-likeness (QED) is 0.327. The number of anilines is 4. The van der Waals surface area contributed by atoms with E-state index in [1.165, 1.54) is 12.3 Å². The fourth-order valence-corrected chi connectivity index (χ4v) is 2.59. The number of nitrogens with two attached hydrogens (primary N) is 2. The summed E-state index contributed by atoms with van der Waals surface area (Å²) in [5, 5.41) is 0.783. The highest BCUT2D eigenvalue weighted by atomic mass is 16.4. The molecule has 0 unspecified atom stereocenters. The fraction of sp³-hybridized carbons (Fsp3) is 0. The predicted octanol–water partition coefficient (Wildman–Crippen LogP) is 2.50. The first kappa shape index (κ1) is 15.6. The molecule has 0 atom stereocenters. The van der Waals surface area contributed by atoms with E-state index < -0.39 is 0 Å². The van der Waals surface area contributed by atoms with Gasteiger partial charge in [0.15, 0.2) is 5.43 Å². The number of nitrogens with one attached hydrogen (secondary N) is 2. The molecular weight excluding hydrogens is 336 g/mol. The van der Waals surface area contributed by atoms with Crippen LogP contribution in [0.15, 0.2) is 67.2 Å². The second-order valence-electron chi connectivity index (χ2n) is 5.71. The third kappa shape index (κ3) is 2.69. The van der Waals surface area contributed by atoms with Crippen molar-refractivity contribution in [2.45, 2.75) is 0 Å². The molecule has 8 heteroatoms. The van der Waals surface area contributed by atoms with Gasteiger partial charge in [-0.05, 0) is 30.3 Å². The molecule has 6 N–H and O–H groups in total. The number of hydrazine groups is 1. The van der Waals surface area contributed by atoms with Gasteiger partial charge in [-0.15, -0.1) is 0 Å². The van der Waals surface area contributed by atoms with Crippen molar-refractivity contribution in [3.05, 3.63) is 69.2 Å². The van der Waals surface area contributed by atoms with E-state index in [1.807, 2.05) is 0 Å². The number of benzene rings is 2. The second-order valence-corrected chi connectivity index (χ2v) is 5.71. The molecule has 0 fully saturated rings. The van der Waals surface area contributed by atoms with Crippen LogP contribution in [-0.4, -0.2) is 0 Å². The zero-order chi connectivity index (χ0) is 18.3. The van der Waals surface area contributed by atoms with Gasteiger partial charge in [-0.2, -0.15) is 0 Å². The average Bonchev–Trinajstić information content (AvgIpc) is 2.64. The van der Waals surface area contributed by atoms with E-state index >= 15 is 0 Å². The zero-order valence-corrected chi connectivity index (χ0v) is 13.4. The molecule has 8 nitrogen and oxygen atoms in total. The van der Waals surface area contributed by atoms with E-state index in [9.17, 15) is 9.59 Å². The van der Waals surface area contributed by atoms with Gasteiger partial charge in [-0.1, -0.05) is 0 Å². The minimum absolute atomic E-state index is 0.0508. The van der Waals surface area contributed by atoms with Gasteiger partial charge in [-0.25, -0.2) is 0 Å². The summed E-state index contributed by atoms with van der Waals surface area (Å²) in [5.74, 6) is 0.228. The van der Waals surface area contributed by atoms with Crippen LogP contribution in [0.1, 0.15) is 0 Å². The maximum absolute atomic E-state index is 12.2. The smallest absolute Gasteiger partial charge is 0.215 e. The molecule has 0 amide bonds. The largest absolute Gasteiger partial charge is 0.462 e. The van der Waals surface area contributed by atoms with Crippen molar-refractivity contribution in [1.82, 2.24) is 0 Å². The maximum Gasteiger partial charge on any atom is 0.215 e. The highest BCUT2D eigenvalue weighted by Gasteiger charge is 2.07. The monoisotopic (exact) mass is 350 g/mol. The van der Waals surface area contributed by atoms with Crippen LogP contribution in [0.4, 0.5) is 22.9 Å². The lowest BCUT2D eigenvalue weighted by Crippen LogP contribution is -2.12. The van der Waals surface area contributed by atoms with Gasteiger partial charge < -0.3 is 20.3 Å². The Morgan fingerprint density at radius 3 is 2.54 bits per heavy atom. The average molecular weight is 350 g/mol. The minimum Gasteiger partial charge on any atom is -0.462 e. The zero-order valence-electron chi connectivity index (χ0n) is 13.4. The molecule has 2 aromatic carbocycles. The van der Waals surface area contributed by atoms with Gasteiger partial charge in [0, 0.05) is 17.8 Å². The molecule has 0 bridgehead atoms. The molecule has 4 rings (SSSR count). The van der Waals surface area contributed by atoms with Crippen LogP contribution in [0.3, 0.4) is 0 Å². The number of hydrogen-bond donors (Lipinski definition) is 4. The van der Waals surface area contributed by atoms with Gasteiger partial charge in [-0.3, -0.25) is 20.4 Å². The molecule has 2 aromatic heterocycles. The highest BCUT2D eigenvalue weighted by molar-refractivity contribution is 5.83. The van der Waals surface area contributed by atoms with E-state index in [1.54, 1.807) is 36.4 Å². The van der Waals surface area contributed by atoms with Crippen LogP contribution in [0.5, 0.6) is 0 Å². The lowest BCUT2D eigenvalue weighted by molar-refractivity contribution is 0.605. The summed E-state index contributed by atoms with van der Waals surface area (Å²) < 4.78 is 10.9. The van der Waals surface area contributed by atoms with Crippen molar-refractivity contribution in [2.24, 2.45) is 0 Å². The van der Waals surface area contributed by atoms with Gasteiger partial charge >= 0.3 is 0 Å². The maximum atomic E-state index is 12.2. The third-order valence-electron chi connectivity index (χ3n) is 3.88. The minimum atomic E-state index is -0.287. The Morgan fingerprint density at radius 2 is 1.69 bits per heavy atom. The summed E-state index contributed by atoms with van der Waals surface area (Å²) in [6.07, 6.45) is 1.20. The van der Waals surface area contributed by atoms with E-state index in [0.29, 0.717) is 33.3 Å². The molecule has 0 radical (unpaired) electrons. The van der Waals surface area contributed by atoms with Crippen molar-refractivity contribution in [3.63, 3.8) is 0 Å². The van der Waals surface area contributed by atoms with Crippen molar-refractivity contribution in [1.29, 1.82) is 0 Å². The van der Waals surface area contributed by atoms with Gasteiger partial charge in [0.25, 0.3) is 0 Å². The fourth-order valence-electron chi connectivity index (χ4n) is 2.59. The van der Waals surface area contributed by atoms with Crippen LogP contribution in [0, 0.1) is 0 Å². The van der Waals surface area contributed by atoms with Crippen LogP contribution in [0.2, 0.25) is 0 Å². The Kier molecular flexibility index (Phi) is 3.51. The third-order valence-corrected chi connectivity index (χ3v) is 3.88. The normalized spacial score (nSPS) is 10.9. The lowest BCUT2D eigenvalue weighted by atomic mass is 10.2. The highest BCUT2D eigenvalue weighted by Crippen LogP contribution is 2.20. The van der Waals surface area contributed by atoms with Gasteiger partial charge in [0.05, 0.1) is 16.5 Å². The molecule has 2 heterocycles. The van der Waals surface area contributed by atoms with E-state index in [2.05, 4.69) is 10.9 Å². The predicted molar refractivity (Wildman–Crippen MR) is 101 cm³/mol. The summed E-state index contributed by atoms with van der Waals surface area (Å²) in [6.45, 7) is 0. The first-order valence-corrected chi connectivity index (χ1v) is 7.68. The number of nitrogen functional groups attached to an aromatic ring is 2. The van der Waals surface area contributed by atoms with Gasteiger partial charge in [0.2, 0.25) is 11.3 Å². The molecule has 0 spiro atoms. The molecule has 0 aliphatic carbocycles. The standard InChI is InChI=1S/C18H14N4O4/c19-9-1-4-15-12(5-9)14(23)7-17(26-15)22-21-10-2-3-11-16(6-10)25-8-13(20)18(11)24/h1-8,21-22H,19-20H2. The number of rotatable bonds is 3. The van der Waals surface area contributed by atoms with E-state index in [0.717, 1.165) is 0 Å². The summed E-state index contributed by atoms with van der Waals surface area (Å²) in [6, 6.07) is 11.1. The molecule has 0 aliphatic rings. The van der Waals surface area contributed by atoms with E-state index in [4.69, 9.17) is 20.3 Å². The van der Waals surface area contributed by atoms with Crippen molar-refractivity contribution in [3.8, 4) is 0 Å². The molecule has 26 heavy (non-hydrogen) atoms. The van der Waals surface area contributed by atoms with Gasteiger partial charge in [0.1, 0.15) is 23.1 Å². The summed E-state index contributed by atoms with van der Waals surface area (Å²) in [4.78, 5) is 24.1. The number of hydrogen-bond acceptors (Lipinski definition) is 8. The first-order chi connectivity index (χ1) is 12.5. The Morgan fingerprint density at radius 1 is 0.846 bits per heavy atom.